The molecule has 2 nitrogen and oxygen atoms in total. The highest BCUT2D eigenvalue weighted by Gasteiger charge is 2.21. The zero-order valence-corrected chi connectivity index (χ0v) is 9.83. The molecule has 1 aliphatic rings. The molecule has 0 radical (unpaired) electrons. The molecule has 2 heterocycles. The molecule has 0 saturated carbocycles. The number of anilines is 2. The van der Waals surface area contributed by atoms with Crippen molar-refractivity contribution >= 4 is 22.7 Å². The Morgan fingerprint density at radius 1 is 1.31 bits per heavy atom. The molecule has 2 N–H and O–H groups in total. The van der Waals surface area contributed by atoms with Crippen LogP contribution in [0, 0.1) is 0 Å². The molecule has 0 amide bonds. The van der Waals surface area contributed by atoms with Gasteiger partial charge >= 0.3 is 0 Å². The van der Waals surface area contributed by atoms with E-state index in [1.807, 2.05) is 12.1 Å². The van der Waals surface area contributed by atoms with Crippen LogP contribution >= 0.6 is 11.3 Å². The molecule has 0 atom stereocenters. The summed E-state index contributed by atoms with van der Waals surface area (Å²) >= 11 is 1.75. The van der Waals surface area contributed by atoms with Gasteiger partial charge in [-0.05, 0) is 40.4 Å². The summed E-state index contributed by atoms with van der Waals surface area (Å²) in [6.07, 6.45) is 1.12. The van der Waals surface area contributed by atoms with Crippen molar-refractivity contribution in [1.29, 1.82) is 0 Å². The lowest BCUT2D eigenvalue weighted by atomic mass is 10.1. The van der Waals surface area contributed by atoms with Gasteiger partial charge in [0, 0.05) is 13.1 Å². The molecule has 0 saturated heterocycles. The summed E-state index contributed by atoms with van der Waals surface area (Å²) < 4.78 is 0. The van der Waals surface area contributed by atoms with Crippen LogP contribution in [0.25, 0.3) is 0 Å². The second-order valence-electron chi connectivity index (χ2n) is 4.16. The van der Waals surface area contributed by atoms with Crippen molar-refractivity contribution in [3.8, 4) is 0 Å². The van der Waals surface area contributed by atoms with Crippen molar-refractivity contribution in [3.05, 3.63) is 46.2 Å². The van der Waals surface area contributed by atoms with E-state index in [0.29, 0.717) is 0 Å². The predicted octanol–water partition coefficient (Wildman–Crippen LogP) is 2.89. The summed E-state index contributed by atoms with van der Waals surface area (Å²) in [5.41, 5.74) is 11.0. The topological polar surface area (TPSA) is 29.3 Å². The molecule has 16 heavy (non-hydrogen) atoms. The maximum Gasteiger partial charge on any atom is 0.0636 e. The average Bonchev–Trinajstić information content (AvgIpc) is 2.90. The summed E-state index contributed by atoms with van der Waals surface area (Å²) in [7, 11) is 0. The van der Waals surface area contributed by atoms with Gasteiger partial charge in [0.05, 0.1) is 11.4 Å². The maximum absolute atomic E-state index is 6.05. The first-order valence-corrected chi connectivity index (χ1v) is 6.42. The van der Waals surface area contributed by atoms with E-state index < -0.39 is 0 Å². The summed E-state index contributed by atoms with van der Waals surface area (Å²) in [5.74, 6) is 0. The molecule has 0 aliphatic carbocycles. The number of nitrogen functional groups attached to an aromatic ring is 1. The van der Waals surface area contributed by atoms with Crippen molar-refractivity contribution in [3.63, 3.8) is 0 Å². The van der Waals surface area contributed by atoms with E-state index in [-0.39, 0.29) is 0 Å². The van der Waals surface area contributed by atoms with Crippen LogP contribution < -0.4 is 10.6 Å². The number of rotatable bonds is 2. The van der Waals surface area contributed by atoms with E-state index in [1.54, 1.807) is 11.3 Å². The van der Waals surface area contributed by atoms with Gasteiger partial charge in [0.2, 0.25) is 0 Å². The van der Waals surface area contributed by atoms with Gasteiger partial charge in [0.25, 0.3) is 0 Å². The lowest BCUT2D eigenvalue weighted by Gasteiger charge is -2.20. The summed E-state index contributed by atoms with van der Waals surface area (Å²) in [5, 5.41) is 4.33. The number of para-hydroxylation sites is 1. The first-order chi connectivity index (χ1) is 7.84. The Balaban J connectivity index is 1.91. The Hall–Kier alpha value is -1.48. The third-order valence-electron chi connectivity index (χ3n) is 3.07. The number of nitrogens with zero attached hydrogens (tertiary/aromatic N) is 1. The van der Waals surface area contributed by atoms with E-state index in [1.165, 1.54) is 16.8 Å². The van der Waals surface area contributed by atoms with E-state index in [2.05, 4.69) is 27.8 Å². The smallest absolute Gasteiger partial charge is 0.0636 e. The fourth-order valence-electron chi connectivity index (χ4n) is 2.33. The minimum absolute atomic E-state index is 0.908. The molecule has 1 aromatic heterocycles. The number of hydrogen-bond acceptors (Lipinski definition) is 3. The molecular formula is C13H14N2S. The molecule has 1 aliphatic heterocycles. The third kappa shape index (κ3) is 1.57. The van der Waals surface area contributed by atoms with Crippen molar-refractivity contribution in [2.24, 2.45) is 0 Å². The zero-order chi connectivity index (χ0) is 11.0. The molecule has 0 fully saturated rings. The van der Waals surface area contributed by atoms with Gasteiger partial charge in [-0.3, -0.25) is 0 Å². The van der Waals surface area contributed by atoms with Crippen LogP contribution in [0.3, 0.4) is 0 Å². The highest BCUT2D eigenvalue weighted by Crippen LogP contribution is 2.34. The van der Waals surface area contributed by atoms with Crippen LogP contribution in [0.2, 0.25) is 0 Å². The fourth-order valence-corrected chi connectivity index (χ4v) is 2.99. The normalized spacial score (nSPS) is 14.1. The van der Waals surface area contributed by atoms with Gasteiger partial charge in [-0.1, -0.05) is 12.1 Å². The van der Waals surface area contributed by atoms with Gasteiger partial charge in [-0.25, -0.2) is 0 Å². The molecule has 0 bridgehead atoms. The SMILES string of the molecule is Nc1cccc2c1N(Cc1ccsc1)CC2. The van der Waals surface area contributed by atoms with Crippen molar-refractivity contribution in [1.82, 2.24) is 0 Å². The Labute approximate surface area is 99.3 Å². The third-order valence-corrected chi connectivity index (χ3v) is 3.80. The summed E-state index contributed by atoms with van der Waals surface area (Å²) in [4.78, 5) is 2.38. The van der Waals surface area contributed by atoms with E-state index in [0.717, 1.165) is 25.2 Å². The van der Waals surface area contributed by atoms with Crippen LogP contribution in [-0.2, 0) is 13.0 Å². The molecule has 1 aromatic carbocycles. The molecule has 0 spiro atoms. The largest absolute Gasteiger partial charge is 0.397 e. The van der Waals surface area contributed by atoms with Crippen LogP contribution in [0.15, 0.2) is 35.0 Å². The first kappa shape index (κ1) is 9.73. The molecule has 0 unspecified atom stereocenters. The van der Waals surface area contributed by atoms with Crippen molar-refractivity contribution in [2.45, 2.75) is 13.0 Å². The van der Waals surface area contributed by atoms with Gasteiger partial charge in [-0.2, -0.15) is 11.3 Å². The van der Waals surface area contributed by atoms with Crippen LogP contribution in [0.4, 0.5) is 11.4 Å². The van der Waals surface area contributed by atoms with Gasteiger partial charge in [0.1, 0.15) is 0 Å². The van der Waals surface area contributed by atoms with Gasteiger partial charge in [0.15, 0.2) is 0 Å². The Bertz CT molecular complexity index is 491. The van der Waals surface area contributed by atoms with Crippen LogP contribution in [-0.4, -0.2) is 6.54 Å². The Morgan fingerprint density at radius 2 is 2.25 bits per heavy atom. The quantitative estimate of drug-likeness (QED) is 0.804. The average molecular weight is 230 g/mol. The number of nitrogens with two attached hydrogens (primary N) is 1. The minimum Gasteiger partial charge on any atom is -0.397 e. The molecule has 3 heteroatoms. The summed E-state index contributed by atoms with van der Waals surface area (Å²) in [6.45, 7) is 2.06. The van der Waals surface area contributed by atoms with Crippen molar-refractivity contribution < 1.29 is 0 Å². The van der Waals surface area contributed by atoms with E-state index in [9.17, 15) is 0 Å². The maximum atomic E-state index is 6.05. The highest BCUT2D eigenvalue weighted by atomic mass is 32.1. The van der Waals surface area contributed by atoms with Gasteiger partial charge < -0.3 is 10.6 Å². The van der Waals surface area contributed by atoms with E-state index in [4.69, 9.17) is 5.73 Å². The molecule has 82 valence electrons. The first-order valence-electron chi connectivity index (χ1n) is 5.48. The Morgan fingerprint density at radius 3 is 3.06 bits per heavy atom. The predicted molar refractivity (Wildman–Crippen MR) is 69.9 cm³/mol. The highest BCUT2D eigenvalue weighted by molar-refractivity contribution is 7.07. The standard InChI is InChI=1S/C13H14N2S/c14-12-3-1-2-11-4-6-15(13(11)12)8-10-5-7-16-9-10/h1-3,5,7,9H,4,6,8,14H2. The lowest BCUT2D eigenvalue weighted by Crippen LogP contribution is -2.20. The zero-order valence-electron chi connectivity index (χ0n) is 9.02. The Kier molecular flexibility index (Phi) is 2.33. The minimum atomic E-state index is 0.908. The van der Waals surface area contributed by atoms with Crippen LogP contribution in [0.5, 0.6) is 0 Å². The molecular weight excluding hydrogens is 216 g/mol. The van der Waals surface area contributed by atoms with Crippen LogP contribution in [0.1, 0.15) is 11.1 Å². The number of thiophene rings is 1. The second kappa shape index (κ2) is 3.83. The molecule has 2 aromatic rings. The van der Waals surface area contributed by atoms with Gasteiger partial charge in [-0.15, -0.1) is 0 Å². The molecule has 3 rings (SSSR count). The van der Waals surface area contributed by atoms with E-state index >= 15 is 0 Å². The number of fused-ring (bicyclic) bond motifs is 1. The summed E-state index contributed by atoms with van der Waals surface area (Å²) in [6, 6.07) is 8.40. The van der Waals surface area contributed by atoms with Crippen molar-refractivity contribution in [2.75, 3.05) is 17.2 Å². The monoisotopic (exact) mass is 230 g/mol. The lowest BCUT2D eigenvalue weighted by molar-refractivity contribution is 0.839. The number of benzene rings is 1. The fraction of sp³-hybridized carbons (Fsp3) is 0.231. The second-order valence-corrected chi connectivity index (χ2v) is 4.94. The number of hydrogen-bond donors (Lipinski definition) is 1.